The molecule has 0 amide bonds. The van der Waals surface area contributed by atoms with Gasteiger partial charge in [-0.3, -0.25) is 0 Å². The van der Waals surface area contributed by atoms with Gasteiger partial charge in [0.2, 0.25) is 0 Å². The second kappa shape index (κ2) is 7.85. The van der Waals surface area contributed by atoms with Crippen molar-refractivity contribution in [1.29, 1.82) is 0 Å². The molecule has 1 atom stereocenters. The van der Waals surface area contributed by atoms with Crippen molar-refractivity contribution in [2.24, 2.45) is 0 Å². The van der Waals surface area contributed by atoms with Crippen LogP contribution < -0.4 is 5.32 Å². The van der Waals surface area contributed by atoms with E-state index >= 15 is 0 Å². The van der Waals surface area contributed by atoms with Crippen LogP contribution in [-0.4, -0.2) is 26.3 Å². The van der Waals surface area contributed by atoms with Crippen LogP contribution in [0.4, 0.5) is 0 Å². The molecule has 1 rings (SSSR count). The van der Waals surface area contributed by atoms with Gasteiger partial charge in [-0.25, -0.2) is 0 Å². The summed E-state index contributed by atoms with van der Waals surface area (Å²) in [4.78, 5) is 1.46. The molecule has 0 fully saturated rings. The van der Waals surface area contributed by atoms with Gasteiger partial charge in [0.25, 0.3) is 0 Å². The summed E-state index contributed by atoms with van der Waals surface area (Å²) in [5.74, 6) is 0. The molecule has 1 unspecified atom stereocenters. The Labute approximate surface area is 96.7 Å². The Bertz CT molecular complexity index is 236. The van der Waals surface area contributed by atoms with Crippen molar-refractivity contribution >= 4 is 11.3 Å². The zero-order valence-electron chi connectivity index (χ0n) is 9.66. The van der Waals surface area contributed by atoms with E-state index in [1.54, 1.807) is 7.11 Å². The molecule has 15 heavy (non-hydrogen) atoms. The van der Waals surface area contributed by atoms with Crippen LogP contribution >= 0.6 is 11.3 Å². The van der Waals surface area contributed by atoms with Crippen molar-refractivity contribution in [3.63, 3.8) is 0 Å². The van der Waals surface area contributed by atoms with E-state index in [4.69, 9.17) is 4.74 Å². The quantitative estimate of drug-likeness (QED) is 0.689. The van der Waals surface area contributed by atoms with E-state index in [1.807, 2.05) is 11.3 Å². The molecule has 1 heterocycles. The number of ether oxygens (including phenoxy) is 1. The third-order valence-electron chi connectivity index (χ3n) is 2.36. The van der Waals surface area contributed by atoms with Gasteiger partial charge in [0.05, 0.1) is 0 Å². The van der Waals surface area contributed by atoms with Crippen LogP contribution in [0.15, 0.2) is 17.5 Å². The van der Waals surface area contributed by atoms with Crippen molar-refractivity contribution in [3.05, 3.63) is 22.4 Å². The monoisotopic (exact) mass is 227 g/mol. The highest BCUT2D eigenvalue weighted by molar-refractivity contribution is 7.09. The molecule has 0 aliphatic rings. The Morgan fingerprint density at radius 1 is 1.47 bits per heavy atom. The number of nitrogens with one attached hydrogen (secondary N) is 1. The summed E-state index contributed by atoms with van der Waals surface area (Å²) in [6.07, 6.45) is 3.49. The fraction of sp³-hybridized carbons (Fsp3) is 0.667. The Hall–Kier alpha value is -0.380. The van der Waals surface area contributed by atoms with E-state index in [0.29, 0.717) is 6.04 Å². The normalized spacial score (nSPS) is 12.9. The van der Waals surface area contributed by atoms with Gasteiger partial charge in [0, 0.05) is 24.6 Å². The standard InChI is InChI=1S/C12H21NOS/c1-11(10-12-6-5-9-15-12)13-7-3-4-8-14-2/h5-6,9,11,13H,3-4,7-8,10H2,1-2H3. The zero-order valence-corrected chi connectivity index (χ0v) is 10.5. The van der Waals surface area contributed by atoms with E-state index in [1.165, 1.54) is 11.3 Å². The molecule has 1 N–H and O–H groups in total. The van der Waals surface area contributed by atoms with E-state index in [2.05, 4.69) is 29.8 Å². The molecule has 0 bridgehead atoms. The van der Waals surface area contributed by atoms with E-state index in [-0.39, 0.29) is 0 Å². The molecule has 0 aliphatic carbocycles. The van der Waals surface area contributed by atoms with Crippen LogP contribution in [0.3, 0.4) is 0 Å². The molecule has 0 aliphatic heterocycles. The maximum atomic E-state index is 5.01. The first-order valence-corrected chi connectivity index (χ1v) is 6.45. The van der Waals surface area contributed by atoms with Gasteiger partial charge < -0.3 is 10.1 Å². The lowest BCUT2D eigenvalue weighted by atomic mass is 10.2. The number of rotatable bonds is 8. The third kappa shape index (κ3) is 5.92. The summed E-state index contributed by atoms with van der Waals surface area (Å²) in [6.45, 7) is 4.22. The SMILES string of the molecule is COCCCCNC(C)Cc1cccs1. The molecule has 1 aromatic rings. The minimum atomic E-state index is 0.575. The van der Waals surface area contributed by atoms with E-state index in [0.717, 1.165) is 26.0 Å². The summed E-state index contributed by atoms with van der Waals surface area (Å²) in [5, 5.41) is 5.67. The molecule has 0 saturated heterocycles. The number of hydrogen-bond acceptors (Lipinski definition) is 3. The summed E-state index contributed by atoms with van der Waals surface area (Å²) < 4.78 is 5.01. The molecular formula is C12H21NOS. The fourth-order valence-electron chi connectivity index (χ4n) is 1.52. The van der Waals surface area contributed by atoms with Crippen molar-refractivity contribution in [1.82, 2.24) is 5.32 Å². The highest BCUT2D eigenvalue weighted by Crippen LogP contribution is 2.10. The molecule has 1 aromatic heterocycles. The highest BCUT2D eigenvalue weighted by atomic mass is 32.1. The van der Waals surface area contributed by atoms with E-state index in [9.17, 15) is 0 Å². The number of thiophene rings is 1. The average Bonchev–Trinajstić information content (AvgIpc) is 2.70. The number of unbranched alkanes of at least 4 members (excludes halogenated alkanes) is 1. The van der Waals surface area contributed by atoms with Gasteiger partial charge in [0.15, 0.2) is 0 Å². The lowest BCUT2D eigenvalue weighted by Gasteiger charge is -2.12. The van der Waals surface area contributed by atoms with Crippen molar-refractivity contribution in [3.8, 4) is 0 Å². The minimum Gasteiger partial charge on any atom is -0.385 e. The zero-order chi connectivity index (χ0) is 10.9. The lowest BCUT2D eigenvalue weighted by Crippen LogP contribution is -2.28. The second-order valence-electron chi connectivity index (χ2n) is 3.84. The van der Waals surface area contributed by atoms with Crippen LogP contribution in [0.1, 0.15) is 24.6 Å². The summed E-state index contributed by atoms with van der Waals surface area (Å²) in [7, 11) is 1.76. The molecular weight excluding hydrogens is 206 g/mol. The number of methoxy groups -OCH3 is 1. The maximum Gasteiger partial charge on any atom is 0.0462 e. The maximum absolute atomic E-state index is 5.01. The van der Waals surface area contributed by atoms with Crippen LogP contribution in [0, 0.1) is 0 Å². The predicted octanol–water partition coefficient (Wildman–Crippen LogP) is 2.70. The minimum absolute atomic E-state index is 0.575. The first-order chi connectivity index (χ1) is 7.33. The van der Waals surface area contributed by atoms with Gasteiger partial charge >= 0.3 is 0 Å². The van der Waals surface area contributed by atoms with Crippen molar-refractivity contribution in [2.75, 3.05) is 20.3 Å². The lowest BCUT2D eigenvalue weighted by molar-refractivity contribution is 0.192. The predicted molar refractivity (Wildman–Crippen MR) is 66.6 cm³/mol. The molecule has 3 heteroatoms. The van der Waals surface area contributed by atoms with Crippen LogP contribution in [0.5, 0.6) is 0 Å². The summed E-state index contributed by atoms with van der Waals surface area (Å²) >= 11 is 1.84. The Balaban J connectivity index is 2.01. The molecule has 0 spiro atoms. The largest absolute Gasteiger partial charge is 0.385 e. The van der Waals surface area contributed by atoms with Gasteiger partial charge in [-0.05, 0) is 44.2 Å². The molecule has 0 saturated carbocycles. The number of hydrogen-bond donors (Lipinski definition) is 1. The van der Waals surface area contributed by atoms with Crippen LogP contribution in [0.25, 0.3) is 0 Å². The molecule has 0 radical (unpaired) electrons. The molecule has 86 valence electrons. The Morgan fingerprint density at radius 3 is 3.00 bits per heavy atom. The van der Waals surface area contributed by atoms with E-state index < -0.39 is 0 Å². The summed E-state index contributed by atoms with van der Waals surface area (Å²) in [5.41, 5.74) is 0. The van der Waals surface area contributed by atoms with Gasteiger partial charge in [0.1, 0.15) is 0 Å². The van der Waals surface area contributed by atoms with Gasteiger partial charge in [-0.15, -0.1) is 11.3 Å². The van der Waals surface area contributed by atoms with Gasteiger partial charge in [-0.2, -0.15) is 0 Å². The van der Waals surface area contributed by atoms with Crippen LogP contribution in [-0.2, 0) is 11.2 Å². The fourth-order valence-corrected chi connectivity index (χ4v) is 2.36. The first-order valence-electron chi connectivity index (χ1n) is 5.57. The second-order valence-corrected chi connectivity index (χ2v) is 4.87. The van der Waals surface area contributed by atoms with Gasteiger partial charge in [-0.1, -0.05) is 6.07 Å². The molecule has 2 nitrogen and oxygen atoms in total. The Kier molecular flexibility index (Phi) is 6.64. The smallest absolute Gasteiger partial charge is 0.0462 e. The Morgan fingerprint density at radius 2 is 2.33 bits per heavy atom. The first kappa shape index (κ1) is 12.7. The van der Waals surface area contributed by atoms with Crippen molar-refractivity contribution < 1.29 is 4.74 Å². The molecule has 0 aromatic carbocycles. The third-order valence-corrected chi connectivity index (χ3v) is 3.25. The highest BCUT2D eigenvalue weighted by Gasteiger charge is 2.02. The van der Waals surface area contributed by atoms with Crippen molar-refractivity contribution in [2.45, 2.75) is 32.2 Å². The van der Waals surface area contributed by atoms with Crippen LogP contribution in [0.2, 0.25) is 0 Å². The topological polar surface area (TPSA) is 21.3 Å². The average molecular weight is 227 g/mol. The summed E-state index contributed by atoms with van der Waals surface area (Å²) in [6, 6.07) is 4.89.